The fourth-order valence-corrected chi connectivity index (χ4v) is 1.56. The molecule has 0 amide bonds. The molecule has 0 fully saturated rings. The Labute approximate surface area is 89.2 Å². The highest BCUT2D eigenvalue weighted by Gasteiger charge is 2.19. The minimum absolute atomic E-state index is 0.0324. The van der Waals surface area contributed by atoms with Gasteiger partial charge in [0.15, 0.2) is 0 Å². The molecule has 0 radical (unpaired) electrons. The number of carbonyl (C=O) groups is 1. The largest absolute Gasteiger partial charge is 0.465 e. The average molecular weight is 262 g/mol. The van der Waals surface area contributed by atoms with Gasteiger partial charge in [0.2, 0.25) is 0 Å². The van der Waals surface area contributed by atoms with E-state index in [0.717, 1.165) is 0 Å². The van der Waals surface area contributed by atoms with Gasteiger partial charge in [-0.15, -0.1) is 0 Å². The van der Waals surface area contributed by atoms with Crippen LogP contribution in [0.4, 0.5) is 10.1 Å². The lowest BCUT2D eigenvalue weighted by Crippen LogP contribution is -2.09. The molecule has 0 aliphatic rings. The molecule has 0 saturated heterocycles. The van der Waals surface area contributed by atoms with Crippen molar-refractivity contribution < 1.29 is 13.9 Å². The lowest BCUT2D eigenvalue weighted by Gasteiger charge is -2.09. The number of benzene rings is 1. The Morgan fingerprint density at radius 2 is 2.21 bits per heavy atom. The normalized spacial score (nSPS) is 10.0. The van der Waals surface area contributed by atoms with Crippen molar-refractivity contribution in [1.82, 2.24) is 0 Å². The molecule has 14 heavy (non-hydrogen) atoms. The second kappa shape index (κ2) is 3.96. The zero-order chi connectivity index (χ0) is 10.9. The molecule has 0 spiro atoms. The van der Waals surface area contributed by atoms with E-state index in [9.17, 15) is 9.18 Å². The van der Waals surface area contributed by atoms with Gasteiger partial charge in [0.05, 0.1) is 22.8 Å². The van der Waals surface area contributed by atoms with E-state index in [2.05, 4.69) is 20.7 Å². The van der Waals surface area contributed by atoms with Gasteiger partial charge >= 0.3 is 5.97 Å². The molecule has 2 N–H and O–H groups in total. The molecule has 0 unspecified atom stereocenters. The number of ether oxygens (including phenoxy) is 1. The smallest absolute Gasteiger partial charge is 0.341 e. The van der Waals surface area contributed by atoms with Gasteiger partial charge in [0.25, 0.3) is 0 Å². The molecule has 3 nitrogen and oxygen atoms in total. The highest BCUT2D eigenvalue weighted by molar-refractivity contribution is 9.10. The van der Waals surface area contributed by atoms with Gasteiger partial charge in [-0.1, -0.05) is 0 Å². The van der Waals surface area contributed by atoms with Gasteiger partial charge in [-0.2, -0.15) is 0 Å². The van der Waals surface area contributed by atoms with Crippen molar-refractivity contribution in [2.45, 2.75) is 6.92 Å². The topological polar surface area (TPSA) is 52.3 Å². The standard InChI is InChI=1S/C9H9BrFNO2/c1-4-3-5(11)7(10)6(8(4)12)9(13)14-2/h3H,12H2,1-2H3. The Kier molecular flexibility index (Phi) is 3.10. The number of halogens is 2. The number of aryl methyl sites for hydroxylation is 1. The lowest BCUT2D eigenvalue weighted by atomic mass is 10.1. The SMILES string of the molecule is COC(=O)c1c(N)c(C)cc(F)c1Br. The third-order valence-electron chi connectivity index (χ3n) is 1.86. The first-order valence-electron chi connectivity index (χ1n) is 3.81. The highest BCUT2D eigenvalue weighted by Crippen LogP contribution is 2.29. The number of hydrogen-bond acceptors (Lipinski definition) is 3. The molecule has 0 bridgehead atoms. The number of esters is 1. The van der Waals surface area contributed by atoms with Crippen molar-refractivity contribution >= 4 is 27.6 Å². The summed E-state index contributed by atoms with van der Waals surface area (Å²) in [6.45, 7) is 1.62. The Balaban J connectivity index is 3.47. The third kappa shape index (κ3) is 1.72. The van der Waals surface area contributed by atoms with E-state index in [1.54, 1.807) is 6.92 Å². The molecule has 0 atom stereocenters. The van der Waals surface area contributed by atoms with E-state index in [4.69, 9.17) is 5.73 Å². The molecular weight excluding hydrogens is 253 g/mol. The van der Waals surface area contributed by atoms with Crippen LogP contribution in [0.25, 0.3) is 0 Å². The summed E-state index contributed by atoms with van der Waals surface area (Å²) >= 11 is 2.95. The van der Waals surface area contributed by atoms with E-state index >= 15 is 0 Å². The highest BCUT2D eigenvalue weighted by atomic mass is 79.9. The molecule has 0 saturated carbocycles. The number of nitrogens with two attached hydrogens (primary N) is 1. The maximum absolute atomic E-state index is 13.2. The molecule has 1 aromatic rings. The molecular formula is C9H9BrFNO2. The van der Waals surface area contributed by atoms with E-state index in [1.165, 1.54) is 13.2 Å². The zero-order valence-electron chi connectivity index (χ0n) is 7.73. The molecule has 0 heterocycles. The summed E-state index contributed by atoms with van der Waals surface area (Å²) in [6, 6.07) is 1.26. The summed E-state index contributed by atoms with van der Waals surface area (Å²) in [5.41, 5.74) is 6.40. The van der Waals surface area contributed by atoms with Crippen LogP contribution in [0.2, 0.25) is 0 Å². The van der Waals surface area contributed by atoms with Gasteiger partial charge in [-0.05, 0) is 34.5 Å². The fraction of sp³-hybridized carbons (Fsp3) is 0.222. The molecule has 1 aromatic carbocycles. The minimum atomic E-state index is -0.656. The summed E-state index contributed by atoms with van der Waals surface area (Å²) < 4.78 is 17.7. The van der Waals surface area contributed by atoms with Crippen LogP contribution in [0, 0.1) is 12.7 Å². The van der Waals surface area contributed by atoms with Crippen LogP contribution in [0.1, 0.15) is 15.9 Å². The number of methoxy groups -OCH3 is 1. The Bertz CT molecular complexity index is 367. The number of anilines is 1. The first-order valence-corrected chi connectivity index (χ1v) is 4.60. The number of carbonyl (C=O) groups excluding carboxylic acids is 1. The van der Waals surface area contributed by atoms with Gasteiger partial charge in [0.1, 0.15) is 5.82 Å². The minimum Gasteiger partial charge on any atom is -0.465 e. The van der Waals surface area contributed by atoms with Crippen LogP contribution in [0.15, 0.2) is 10.5 Å². The van der Waals surface area contributed by atoms with Crippen LogP contribution in [0.5, 0.6) is 0 Å². The van der Waals surface area contributed by atoms with Crippen LogP contribution in [-0.4, -0.2) is 13.1 Å². The van der Waals surface area contributed by atoms with Crippen molar-refractivity contribution in [1.29, 1.82) is 0 Å². The maximum atomic E-state index is 13.2. The van der Waals surface area contributed by atoms with Crippen LogP contribution in [-0.2, 0) is 4.74 Å². The van der Waals surface area contributed by atoms with Gasteiger partial charge in [-0.3, -0.25) is 0 Å². The lowest BCUT2D eigenvalue weighted by molar-refractivity contribution is 0.0600. The van der Waals surface area contributed by atoms with Gasteiger partial charge in [0, 0.05) is 0 Å². The number of hydrogen-bond donors (Lipinski definition) is 1. The summed E-state index contributed by atoms with van der Waals surface area (Å²) in [5.74, 6) is -1.19. The summed E-state index contributed by atoms with van der Waals surface area (Å²) in [5, 5.41) is 0. The first kappa shape index (κ1) is 11.0. The van der Waals surface area contributed by atoms with Crippen molar-refractivity contribution in [2.24, 2.45) is 0 Å². The summed E-state index contributed by atoms with van der Waals surface area (Å²) in [4.78, 5) is 11.3. The van der Waals surface area contributed by atoms with Crippen LogP contribution < -0.4 is 5.73 Å². The van der Waals surface area contributed by atoms with Crippen LogP contribution in [0.3, 0.4) is 0 Å². The molecule has 5 heteroatoms. The zero-order valence-corrected chi connectivity index (χ0v) is 9.31. The molecule has 0 aliphatic heterocycles. The van der Waals surface area contributed by atoms with E-state index in [0.29, 0.717) is 5.56 Å². The average Bonchev–Trinajstić information content (AvgIpc) is 2.15. The Morgan fingerprint density at radius 1 is 1.64 bits per heavy atom. The fourth-order valence-electron chi connectivity index (χ4n) is 1.07. The first-order chi connectivity index (χ1) is 6.49. The monoisotopic (exact) mass is 261 g/mol. The van der Waals surface area contributed by atoms with Crippen molar-refractivity contribution in [2.75, 3.05) is 12.8 Å². The molecule has 0 aliphatic carbocycles. The number of rotatable bonds is 1. The second-order valence-electron chi connectivity index (χ2n) is 2.77. The quantitative estimate of drug-likeness (QED) is 0.623. The van der Waals surface area contributed by atoms with Gasteiger partial charge in [-0.25, -0.2) is 9.18 Å². The second-order valence-corrected chi connectivity index (χ2v) is 3.56. The van der Waals surface area contributed by atoms with Crippen LogP contribution >= 0.6 is 15.9 Å². The molecule has 76 valence electrons. The van der Waals surface area contributed by atoms with E-state index in [-0.39, 0.29) is 15.7 Å². The molecule has 1 rings (SSSR count). The Morgan fingerprint density at radius 3 is 2.71 bits per heavy atom. The maximum Gasteiger partial charge on any atom is 0.341 e. The van der Waals surface area contributed by atoms with E-state index < -0.39 is 11.8 Å². The summed E-state index contributed by atoms with van der Waals surface area (Å²) in [6.07, 6.45) is 0. The van der Waals surface area contributed by atoms with Gasteiger partial charge < -0.3 is 10.5 Å². The predicted octanol–water partition coefficient (Wildman–Crippen LogP) is 2.27. The van der Waals surface area contributed by atoms with Crippen molar-refractivity contribution in [3.05, 3.63) is 27.5 Å². The van der Waals surface area contributed by atoms with E-state index in [1.807, 2.05) is 0 Å². The van der Waals surface area contributed by atoms with Crippen molar-refractivity contribution in [3.63, 3.8) is 0 Å². The third-order valence-corrected chi connectivity index (χ3v) is 2.63. The molecule has 0 aromatic heterocycles. The Hall–Kier alpha value is -1.10. The van der Waals surface area contributed by atoms with Crippen molar-refractivity contribution in [3.8, 4) is 0 Å². The number of nitrogen functional groups attached to an aromatic ring is 1. The predicted molar refractivity (Wildman–Crippen MR) is 54.6 cm³/mol. The summed E-state index contributed by atoms with van der Waals surface area (Å²) in [7, 11) is 1.22.